The van der Waals surface area contributed by atoms with Crippen LogP contribution in [0.4, 0.5) is 0 Å². The lowest BCUT2D eigenvalue weighted by molar-refractivity contribution is -0.131. The number of carbonyl (C=O) groups is 1. The number of ether oxygens (including phenoxy) is 3. The predicted molar refractivity (Wildman–Crippen MR) is 157 cm³/mol. The van der Waals surface area contributed by atoms with Gasteiger partial charge in [-0.3, -0.25) is 4.90 Å². The van der Waals surface area contributed by atoms with Gasteiger partial charge in [0.1, 0.15) is 12.7 Å². The molecule has 1 heterocycles. The van der Waals surface area contributed by atoms with Crippen molar-refractivity contribution >= 4 is 12.0 Å². The number of hydrogen-bond donors (Lipinski definition) is 1. The van der Waals surface area contributed by atoms with Crippen molar-refractivity contribution in [3.63, 3.8) is 0 Å². The predicted octanol–water partition coefficient (Wildman–Crippen LogP) is 6.00. The molecule has 0 unspecified atom stereocenters. The first-order valence-corrected chi connectivity index (χ1v) is 13.4. The zero-order valence-corrected chi connectivity index (χ0v) is 22.7. The second kappa shape index (κ2) is 15.3. The van der Waals surface area contributed by atoms with Crippen LogP contribution in [0.3, 0.4) is 0 Å². The molecule has 0 bridgehead atoms. The normalized spacial score (nSPS) is 14.3. The Labute approximate surface area is 236 Å². The average Bonchev–Trinajstić information content (AvgIpc) is 2.99. The first-order valence-electron chi connectivity index (χ1n) is 13.4. The van der Waals surface area contributed by atoms with E-state index < -0.39 is 5.97 Å². The van der Waals surface area contributed by atoms with Crippen LogP contribution in [0.25, 0.3) is 6.08 Å². The summed E-state index contributed by atoms with van der Waals surface area (Å²) in [5, 5.41) is 8.66. The molecule has 1 N–H and O–H groups in total. The number of rotatable bonds is 11. The summed E-state index contributed by atoms with van der Waals surface area (Å²) in [6.45, 7) is 2.85. The van der Waals surface area contributed by atoms with Crippen LogP contribution in [0.15, 0.2) is 97.1 Å². The fraction of sp³-hybridized carbons (Fsp3) is 0.265. The number of carboxylic acids is 1. The molecule has 0 amide bonds. The second-order valence-electron chi connectivity index (χ2n) is 9.42. The Bertz CT molecular complexity index is 1290. The monoisotopic (exact) mass is 537 g/mol. The summed E-state index contributed by atoms with van der Waals surface area (Å²) in [6, 6.07) is 26.4. The van der Waals surface area contributed by atoms with Crippen molar-refractivity contribution in [1.29, 1.82) is 0 Å². The Balaban J connectivity index is 1.23. The summed E-state index contributed by atoms with van der Waals surface area (Å²) in [7, 11) is 1.58. The van der Waals surface area contributed by atoms with Gasteiger partial charge in [-0.2, -0.15) is 0 Å². The van der Waals surface area contributed by atoms with E-state index in [1.807, 2.05) is 30.3 Å². The number of aliphatic carboxylic acids is 1. The Kier molecular flexibility index (Phi) is 11.0. The van der Waals surface area contributed by atoms with E-state index >= 15 is 0 Å². The summed E-state index contributed by atoms with van der Waals surface area (Å²) in [5.41, 5.74) is 3.23. The second-order valence-corrected chi connectivity index (χ2v) is 9.42. The summed E-state index contributed by atoms with van der Waals surface area (Å²) in [5.74, 6) is 6.55. The van der Waals surface area contributed by atoms with E-state index in [0.29, 0.717) is 18.0 Å². The van der Waals surface area contributed by atoms with Crippen LogP contribution in [-0.2, 0) is 9.53 Å². The van der Waals surface area contributed by atoms with E-state index in [2.05, 4.69) is 65.3 Å². The van der Waals surface area contributed by atoms with Gasteiger partial charge in [-0.15, -0.1) is 0 Å². The third kappa shape index (κ3) is 8.88. The van der Waals surface area contributed by atoms with Gasteiger partial charge in [0.15, 0.2) is 11.5 Å². The molecule has 1 fully saturated rings. The maximum absolute atomic E-state index is 10.6. The van der Waals surface area contributed by atoms with Crippen molar-refractivity contribution in [1.82, 2.24) is 4.90 Å². The van der Waals surface area contributed by atoms with Crippen LogP contribution in [0.2, 0.25) is 0 Å². The number of nitrogens with zero attached hydrogens (tertiary/aromatic N) is 1. The molecular weight excluding hydrogens is 502 g/mol. The lowest BCUT2D eigenvalue weighted by Crippen LogP contribution is -2.37. The number of benzene rings is 3. The molecule has 0 atom stereocenters. The highest BCUT2D eigenvalue weighted by atomic mass is 16.5. The first kappa shape index (κ1) is 28.7. The molecule has 1 saturated heterocycles. The van der Waals surface area contributed by atoms with E-state index in [1.54, 1.807) is 19.3 Å². The highest BCUT2D eigenvalue weighted by Gasteiger charge is 2.24. The number of allylic oxidation sites excluding steroid dienone is 2. The van der Waals surface area contributed by atoms with Crippen LogP contribution in [-0.4, -0.2) is 55.4 Å². The number of methoxy groups -OCH3 is 1. The minimum atomic E-state index is -0.985. The molecule has 0 aromatic heterocycles. The maximum Gasteiger partial charge on any atom is 0.328 e. The van der Waals surface area contributed by atoms with Crippen LogP contribution in [0.5, 0.6) is 11.5 Å². The van der Waals surface area contributed by atoms with Crippen molar-refractivity contribution in [2.24, 2.45) is 0 Å². The number of carboxylic acid groups (broad SMARTS) is 1. The standard InChI is InChI=1S/C34H35NO5/c1-38-32-26-27(12-8-9-17-33(36)37)18-19-31(32)39-25-11-10-22-35-23-20-30(21-24-35)40-34(28-13-4-2-5-14-28)29-15-6-3-7-16-29/h2-9,12-19,26,30,34H,20-25H2,1H3,(H,36,37). The zero-order valence-electron chi connectivity index (χ0n) is 22.7. The Morgan fingerprint density at radius 2 is 1.62 bits per heavy atom. The fourth-order valence-electron chi connectivity index (χ4n) is 4.55. The van der Waals surface area contributed by atoms with E-state index in [-0.39, 0.29) is 18.8 Å². The van der Waals surface area contributed by atoms with E-state index in [0.717, 1.165) is 37.6 Å². The largest absolute Gasteiger partial charge is 0.493 e. The number of piperidine rings is 1. The molecule has 0 spiro atoms. The zero-order chi connectivity index (χ0) is 28.0. The van der Waals surface area contributed by atoms with E-state index in [1.165, 1.54) is 17.2 Å². The molecule has 0 radical (unpaired) electrons. The van der Waals surface area contributed by atoms with Gasteiger partial charge in [-0.05, 0) is 41.7 Å². The van der Waals surface area contributed by atoms with Crippen molar-refractivity contribution in [2.75, 3.05) is 33.4 Å². The quantitative estimate of drug-likeness (QED) is 0.184. The molecule has 0 aliphatic carbocycles. The highest BCUT2D eigenvalue weighted by Crippen LogP contribution is 2.30. The lowest BCUT2D eigenvalue weighted by atomic mass is 10.00. The van der Waals surface area contributed by atoms with Gasteiger partial charge in [-0.25, -0.2) is 4.79 Å². The van der Waals surface area contributed by atoms with Gasteiger partial charge in [0.05, 0.1) is 19.8 Å². The molecule has 4 rings (SSSR count). The van der Waals surface area contributed by atoms with Crippen molar-refractivity contribution in [3.8, 4) is 23.3 Å². The number of hydrogen-bond acceptors (Lipinski definition) is 5. The Morgan fingerprint density at radius 3 is 2.25 bits per heavy atom. The minimum absolute atomic E-state index is 0.0632. The lowest BCUT2D eigenvalue weighted by Gasteiger charge is -2.33. The van der Waals surface area contributed by atoms with Crippen molar-refractivity contribution < 1.29 is 24.1 Å². The van der Waals surface area contributed by atoms with Crippen LogP contribution >= 0.6 is 0 Å². The molecule has 1 aliphatic rings. The molecule has 1 aliphatic heterocycles. The van der Waals surface area contributed by atoms with Crippen molar-refractivity contribution in [3.05, 3.63) is 114 Å². The van der Waals surface area contributed by atoms with Gasteiger partial charge in [-0.1, -0.05) is 96.8 Å². The molecular formula is C34H35NO5. The topological polar surface area (TPSA) is 68.2 Å². The summed E-state index contributed by atoms with van der Waals surface area (Å²) in [6.07, 6.45) is 8.08. The third-order valence-electron chi connectivity index (χ3n) is 6.62. The molecule has 0 saturated carbocycles. The van der Waals surface area contributed by atoms with Crippen molar-refractivity contribution in [2.45, 2.75) is 25.0 Å². The average molecular weight is 538 g/mol. The van der Waals surface area contributed by atoms with Crippen LogP contribution in [0.1, 0.15) is 35.6 Å². The van der Waals surface area contributed by atoms with E-state index in [4.69, 9.17) is 19.3 Å². The molecule has 3 aromatic rings. The summed E-state index contributed by atoms with van der Waals surface area (Å²) in [4.78, 5) is 12.9. The van der Waals surface area contributed by atoms with Gasteiger partial charge in [0, 0.05) is 19.2 Å². The Morgan fingerprint density at radius 1 is 0.950 bits per heavy atom. The van der Waals surface area contributed by atoms with E-state index in [9.17, 15) is 4.79 Å². The third-order valence-corrected chi connectivity index (χ3v) is 6.62. The number of likely N-dealkylation sites (tertiary alicyclic amines) is 1. The van der Waals surface area contributed by atoms with Crippen LogP contribution < -0.4 is 9.47 Å². The summed E-state index contributed by atoms with van der Waals surface area (Å²) < 4.78 is 17.9. The maximum atomic E-state index is 10.6. The molecule has 3 aromatic carbocycles. The molecule has 6 nitrogen and oxygen atoms in total. The Hall–Kier alpha value is -4.31. The molecule has 6 heteroatoms. The first-order chi connectivity index (χ1) is 19.6. The van der Waals surface area contributed by atoms with Gasteiger partial charge >= 0.3 is 5.97 Å². The van der Waals surface area contributed by atoms with Gasteiger partial charge in [0.2, 0.25) is 0 Å². The SMILES string of the molecule is COc1cc(C=CC=CC(=O)O)ccc1OCC#CCN1CCC(OC(c2ccccc2)c2ccccc2)CC1. The van der Waals surface area contributed by atoms with Crippen LogP contribution in [0, 0.1) is 11.8 Å². The minimum Gasteiger partial charge on any atom is -0.493 e. The molecule has 40 heavy (non-hydrogen) atoms. The van der Waals surface area contributed by atoms with Gasteiger partial charge < -0.3 is 19.3 Å². The van der Waals surface area contributed by atoms with Gasteiger partial charge in [0.25, 0.3) is 0 Å². The highest BCUT2D eigenvalue weighted by molar-refractivity contribution is 5.80. The summed E-state index contributed by atoms with van der Waals surface area (Å²) >= 11 is 0. The smallest absolute Gasteiger partial charge is 0.328 e. The molecule has 206 valence electrons. The fourth-order valence-corrected chi connectivity index (χ4v) is 4.55.